The van der Waals surface area contributed by atoms with Crippen LogP contribution in [0.5, 0.6) is 5.75 Å². The monoisotopic (exact) mass is 452 g/mol. The van der Waals surface area contributed by atoms with E-state index in [0.29, 0.717) is 17.1 Å². The summed E-state index contributed by atoms with van der Waals surface area (Å²) < 4.78 is 33.8. The number of sulfonamides is 1. The van der Waals surface area contributed by atoms with E-state index in [1.165, 1.54) is 12.1 Å². The molecule has 3 rings (SSSR count). The Morgan fingerprint density at radius 2 is 1.59 bits per heavy atom. The van der Waals surface area contributed by atoms with Gasteiger partial charge in [0.05, 0.1) is 4.90 Å². The van der Waals surface area contributed by atoms with Gasteiger partial charge in [-0.05, 0) is 86.3 Å². The van der Waals surface area contributed by atoms with Crippen LogP contribution in [-0.2, 0) is 21.2 Å². The lowest BCUT2D eigenvalue weighted by Crippen LogP contribution is -2.30. The predicted octanol–water partition coefficient (Wildman–Crippen LogP) is 5.07. The van der Waals surface area contributed by atoms with Crippen molar-refractivity contribution >= 4 is 27.3 Å². The van der Waals surface area contributed by atoms with E-state index in [0.717, 1.165) is 23.1 Å². The van der Waals surface area contributed by atoms with Crippen LogP contribution in [0.3, 0.4) is 0 Å². The maximum atomic E-state index is 12.7. The van der Waals surface area contributed by atoms with Crippen LogP contribution in [0.15, 0.2) is 71.6 Å². The van der Waals surface area contributed by atoms with Gasteiger partial charge >= 0.3 is 0 Å². The Balaban J connectivity index is 1.65. The molecule has 0 aliphatic carbocycles. The Bertz CT molecular complexity index is 1200. The highest BCUT2D eigenvalue weighted by Gasteiger charge is 2.18. The van der Waals surface area contributed by atoms with Crippen molar-refractivity contribution in [3.63, 3.8) is 0 Å². The van der Waals surface area contributed by atoms with Crippen LogP contribution in [0.4, 0.5) is 11.4 Å². The first-order valence-corrected chi connectivity index (χ1v) is 11.9. The number of rotatable bonds is 8. The molecular formula is C25H28N2O4S. The normalized spacial score (nSPS) is 12.1. The second-order valence-electron chi connectivity index (χ2n) is 7.64. The number of ether oxygens (including phenoxy) is 1. The first-order chi connectivity index (χ1) is 15.2. The average Bonchev–Trinajstić information content (AvgIpc) is 2.77. The zero-order valence-electron chi connectivity index (χ0n) is 18.7. The molecular weight excluding hydrogens is 424 g/mol. The summed E-state index contributed by atoms with van der Waals surface area (Å²) >= 11 is 0. The number of hydrogen-bond donors (Lipinski definition) is 2. The Morgan fingerprint density at radius 1 is 0.938 bits per heavy atom. The summed E-state index contributed by atoms with van der Waals surface area (Å²) in [6.07, 6.45) is 0.0916. The maximum Gasteiger partial charge on any atom is 0.265 e. The molecule has 3 aromatic rings. The Hall–Kier alpha value is -3.32. The van der Waals surface area contributed by atoms with Gasteiger partial charge in [0.15, 0.2) is 6.10 Å². The Labute approximate surface area is 189 Å². The molecule has 6 nitrogen and oxygen atoms in total. The van der Waals surface area contributed by atoms with Gasteiger partial charge in [0.2, 0.25) is 0 Å². The van der Waals surface area contributed by atoms with Gasteiger partial charge < -0.3 is 10.1 Å². The molecule has 0 aliphatic heterocycles. The van der Waals surface area contributed by atoms with Crippen molar-refractivity contribution in [2.75, 3.05) is 10.0 Å². The molecule has 0 bridgehead atoms. The molecule has 0 aliphatic rings. The molecule has 0 unspecified atom stereocenters. The van der Waals surface area contributed by atoms with E-state index in [1.54, 1.807) is 31.2 Å². The molecule has 0 aromatic heterocycles. The van der Waals surface area contributed by atoms with Crippen molar-refractivity contribution in [1.29, 1.82) is 0 Å². The number of aryl methyl sites for hydroxylation is 3. The van der Waals surface area contributed by atoms with Gasteiger partial charge in [-0.25, -0.2) is 8.42 Å². The lowest BCUT2D eigenvalue weighted by molar-refractivity contribution is -0.122. The summed E-state index contributed by atoms with van der Waals surface area (Å²) in [5.74, 6) is 0.358. The summed E-state index contributed by atoms with van der Waals surface area (Å²) in [6, 6.07) is 19.0. The average molecular weight is 453 g/mol. The molecule has 1 atom stereocenters. The largest absolute Gasteiger partial charge is 0.481 e. The van der Waals surface area contributed by atoms with Crippen LogP contribution in [0.2, 0.25) is 0 Å². The minimum atomic E-state index is -3.74. The molecule has 0 fully saturated rings. The first kappa shape index (κ1) is 23.3. The van der Waals surface area contributed by atoms with Crippen molar-refractivity contribution in [3.8, 4) is 5.75 Å². The standard InChI is InChI=1S/C25H28N2O4S/c1-5-20-8-6-7-9-24(20)31-19(4)25(28)26-21-12-14-23(15-13-21)32(29,30)27-22-11-10-17(2)18(3)16-22/h6-16,19,27H,5H2,1-4H3,(H,26,28)/t19-/m1/s1. The number of carbonyl (C=O) groups excluding carboxylic acids is 1. The van der Waals surface area contributed by atoms with Crippen molar-refractivity contribution in [3.05, 3.63) is 83.4 Å². The summed E-state index contributed by atoms with van der Waals surface area (Å²) in [4.78, 5) is 12.6. The molecule has 0 saturated carbocycles. The number of benzene rings is 3. The summed E-state index contributed by atoms with van der Waals surface area (Å²) in [7, 11) is -3.74. The van der Waals surface area contributed by atoms with Gasteiger partial charge in [-0.1, -0.05) is 31.2 Å². The minimum Gasteiger partial charge on any atom is -0.481 e. The topological polar surface area (TPSA) is 84.5 Å². The van der Waals surface area contributed by atoms with E-state index in [2.05, 4.69) is 10.0 Å². The SMILES string of the molecule is CCc1ccccc1O[C@H](C)C(=O)Nc1ccc(S(=O)(=O)Nc2ccc(C)c(C)c2)cc1. The van der Waals surface area contributed by atoms with Crippen molar-refractivity contribution in [2.45, 2.75) is 45.1 Å². The molecule has 3 aromatic carbocycles. The van der Waals surface area contributed by atoms with E-state index in [-0.39, 0.29) is 10.8 Å². The number of anilines is 2. The lowest BCUT2D eigenvalue weighted by Gasteiger charge is -2.17. The molecule has 168 valence electrons. The number of hydrogen-bond acceptors (Lipinski definition) is 4. The zero-order valence-corrected chi connectivity index (χ0v) is 19.5. The molecule has 0 radical (unpaired) electrons. The fourth-order valence-corrected chi connectivity index (χ4v) is 4.18. The van der Waals surface area contributed by atoms with Crippen LogP contribution < -0.4 is 14.8 Å². The quantitative estimate of drug-likeness (QED) is 0.500. The van der Waals surface area contributed by atoms with Gasteiger partial charge in [0.1, 0.15) is 5.75 Å². The van der Waals surface area contributed by atoms with E-state index >= 15 is 0 Å². The molecule has 7 heteroatoms. The zero-order chi connectivity index (χ0) is 23.3. The summed E-state index contributed by atoms with van der Waals surface area (Å²) in [6.45, 7) is 7.59. The second kappa shape index (κ2) is 9.87. The lowest BCUT2D eigenvalue weighted by atomic mass is 10.1. The summed E-state index contributed by atoms with van der Waals surface area (Å²) in [5, 5.41) is 2.76. The van der Waals surface area contributed by atoms with E-state index in [9.17, 15) is 13.2 Å². The molecule has 1 amide bonds. The predicted molar refractivity (Wildman–Crippen MR) is 128 cm³/mol. The van der Waals surface area contributed by atoms with E-state index in [4.69, 9.17) is 4.74 Å². The van der Waals surface area contributed by atoms with Gasteiger partial charge in [-0.2, -0.15) is 0 Å². The third-order valence-corrected chi connectivity index (χ3v) is 6.61. The van der Waals surface area contributed by atoms with E-state index in [1.807, 2.05) is 51.1 Å². The molecule has 0 saturated heterocycles. The van der Waals surface area contributed by atoms with Crippen LogP contribution in [0, 0.1) is 13.8 Å². The molecule has 2 N–H and O–H groups in total. The first-order valence-electron chi connectivity index (χ1n) is 10.4. The highest BCUT2D eigenvalue weighted by molar-refractivity contribution is 7.92. The number of para-hydroxylation sites is 1. The van der Waals surface area contributed by atoms with Crippen molar-refractivity contribution in [2.24, 2.45) is 0 Å². The molecule has 0 spiro atoms. The van der Waals surface area contributed by atoms with Crippen LogP contribution >= 0.6 is 0 Å². The number of carbonyl (C=O) groups is 1. The molecule has 0 heterocycles. The highest BCUT2D eigenvalue weighted by atomic mass is 32.2. The third kappa shape index (κ3) is 5.68. The van der Waals surface area contributed by atoms with Gasteiger partial charge in [-0.3, -0.25) is 9.52 Å². The van der Waals surface area contributed by atoms with Crippen LogP contribution in [0.1, 0.15) is 30.5 Å². The Morgan fingerprint density at radius 3 is 2.25 bits per heavy atom. The van der Waals surface area contributed by atoms with Crippen LogP contribution in [-0.4, -0.2) is 20.4 Å². The fourth-order valence-electron chi connectivity index (χ4n) is 3.14. The van der Waals surface area contributed by atoms with Gasteiger partial charge in [0, 0.05) is 11.4 Å². The van der Waals surface area contributed by atoms with Crippen LogP contribution in [0.25, 0.3) is 0 Å². The summed E-state index contributed by atoms with van der Waals surface area (Å²) in [5.41, 5.74) is 4.10. The number of nitrogens with one attached hydrogen (secondary N) is 2. The second-order valence-corrected chi connectivity index (χ2v) is 9.32. The number of amides is 1. The van der Waals surface area contributed by atoms with Crippen molar-refractivity contribution in [1.82, 2.24) is 0 Å². The Kier molecular flexibility index (Phi) is 7.20. The van der Waals surface area contributed by atoms with Crippen molar-refractivity contribution < 1.29 is 17.9 Å². The molecule has 32 heavy (non-hydrogen) atoms. The third-order valence-electron chi connectivity index (χ3n) is 5.22. The van der Waals surface area contributed by atoms with E-state index < -0.39 is 16.1 Å². The smallest absolute Gasteiger partial charge is 0.265 e. The van der Waals surface area contributed by atoms with Gasteiger partial charge in [0.25, 0.3) is 15.9 Å². The van der Waals surface area contributed by atoms with Gasteiger partial charge in [-0.15, -0.1) is 0 Å². The minimum absolute atomic E-state index is 0.106. The maximum absolute atomic E-state index is 12.7. The highest BCUT2D eigenvalue weighted by Crippen LogP contribution is 2.22. The fraction of sp³-hybridized carbons (Fsp3) is 0.240.